The summed E-state index contributed by atoms with van der Waals surface area (Å²) in [4.78, 5) is 29.9. The number of amides is 2. The van der Waals surface area contributed by atoms with Crippen molar-refractivity contribution in [2.24, 2.45) is 5.41 Å². The van der Waals surface area contributed by atoms with E-state index in [4.69, 9.17) is 9.47 Å². The summed E-state index contributed by atoms with van der Waals surface area (Å²) < 4.78 is 10.9. The van der Waals surface area contributed by atoms with Gasteiger partial charge >= 0.3 is 6.09 Å². The zero-order valence-electron chi connectivity index (χ0n) is 20.9. The number of nitrogens with zero attached hydrogens (tertiary/aromatic N) is 3. The van der Waals surface area contributed by atoms with Crippen LogP contribution in [0, 0.1) is 5.41 Å². The van der Waals surface area contributed by atoms with Gasteiger partial charge in [0.1, 0.15) is 17.4 Å². The van der Waals surface area contributed by atoms with E-state index in [-0.39, 0.29) is 12.0 Å². The molecule has 0 saturated carbocycles. The highest BCUT2D eigenvalue weighted by atomic mass is 16.6. The molecule has 2 aliphatic heterocycles. The van der Waals surface area contributed by atoms with Gasteiger partial charge in [-0.05, 0) is 50.6 Å². The smallest absolute Gasteiger partial charge is 0.410 e. The van der Waals surface area contributed by atoms with Crippen molar-refractivity contribution in [3.8, 4) is 16.9 Å². The second kappa shape index (κ2) is 8.89. The summed E-state index contributed by atoms with van der Waals surface area (Å²) in [7, 11) is 1.61. The minimum atomic E-state index is -0.577. The third-order valence-corrected chi connectivity index (χ3v) is 6.65. The number of carbonyl (C=O) groups excluding carboxylic acids is 2. The lowest BCUT2D eigenvalue weighted by Crippen LogP contribution is -2.65. The van der Waals surface area contributed by atoms with E-state index in [1.165, 1.54) is 0 Å². The Bertz CT molecular complexity index is 1240. The van der Waals surface area contributed by atoms with Crippen molar-refractivity contribution in [2.75, 3.05) is 37.0 Å². The number of carbonyl (C=O) groups is 2. The zero-order valence-corrected chi connectivity index (χ0v) is 20.9. The van der Waals surface area contributed by atoms with Gasteiger partial charge in [0, 0.05) is 48.8 Å². The summed E-state index contributed by atoms with van der Waals surface area (Å²) in [6.45, 7) is 6.90. The SMILES string of the molecule is COc1cccc(NC2C(=O)N(c3ccc(-c4cn[nH]c4)cc3)CC23CN(C(=O)OC(C)(C)C)C3)c1. The van der Waals surface area contributed by atoms with Crippen molar-refractivity contribution in [2.45, 2.75) is 32.4 Å². The molecule has 188 valence electrons. The normalized spacial score (nSPS) is 18.8. The number of hydrogen-bond acceptors (Lipinski definition) is 6. The lowest BCUT2D eigenvalue weighted by atomic mass is 9.75. The molecule has 1 unspecified atom stereocenters. The van der Waals surface area contributed by atoms with Crippen LogP contribution in [0.2, 0.25) is 0 Å². The molecule has 9 nitrogen and oxygen atoms in total. The molecule has 0 radical (unpaired) electrons. The van der Waals surface area contributed by atoms with Gasteiger partial charge < -0.3 is 24.6 Å². The van der Waals surface area contributed by atoms with E-state index >= 15 is 0 Å². The molecule has 5 rings (SSSR count). The van der Waals surface area contributed by atoms with Crippen LogP contribution in [0.5, 0.6) is 5.75 Å². The summed E-state index contributed by atoms with van der Waals surface area (Å²) in [5.41, 5.74) is 2.58. The van der Waals surface area contributed by atoms with Crippen molar-refractivity contribution in [1.82, 2.24) is 15.1 Å². The Kier molecular flexibility index (Phi) is 5.86. The Morgan fingerprint density at radius 2 is 1.86 bits per heavy atom. The summed E-state index contributed by atoms with van der Waals surface area (Å²) >= 11 is 0. The van der Waals surface area contributed by atoms with Crippen molar-refractivity contribution in [3.05, 3.63) is 60.9 Å². The lowest BCUT2D eigenvalue weighted by Gasteiger charge is -2.49. The minimum Gasteiger partial charge on any atom is -0.497 e. The first-order valence-electron chi connectivity index (χ1n) is 12.0. The van der Waals surface area contributed by atoms with Gasteiger partial charge in [0.25, 0.3) is 0 Å². The molecule has 3 heterocycles. The number of benzene rings is 2. The number of aromatic nitrogens is 2. The van der Waals surface area contributed by atoms with Crippen molar-refractivity contribution < 1.29 is 19.1 Å². The van der Waals surface area contributed by atoms with Crippen molar-refractivity contribution in [3.63, 3.8) is 0 Å². The van der Waals surface area contributed by atoms with E-state index in [1.807, 2.05) is 80.4 Å². The quantitative estimate of drug-likeness (QED) is 0.559. The van der Waals surface area contributed by atoms with Gasteiger partial charge in [0.15, 0.2) is 0 Å². The number of hydrogen-bond donors (Lipinski definition) is 2. The first-order valence-corrected chi connectivity index (χ1v) is 12.0. The Morgan fingerprint density at radius 3 is 2.50 bits per heavy atom. The van der Waals surface area contributed by atoms with E-state index < -0.39 is 17.1 Å². The predicted octanol–water partition coefficient (Wildman–Crippen LogP) is 4.15. The zero-order chi connectivity index (χ0) is 25.5. The van der Waals surface area contributed by atoms with Crippen LogP contribution in [0.1, 0.15) is 20.8 Å². The molecule has 3 aromatic rings. The van der Waals surface area contributed by atoms with Gasteiger partial charge in [-0.2, -0.15) is 5.10 Å². The van der Waals surface area contributed by atoms with Gasteiger partial charge in [-0.3, -0.25) is 9.89 Å². The number of likely N-dealkylation sites (tertiary alicyclic amines) is 1. The summed E-state index contributed by atoms with van der Waals surface area (Å²) in [5, 5.41) is 10.3. The summed E-state index contributed by atoms with van der Waals surface area (Å²) in [6, 6.07) is 14.9. The summed E-state index contributed by atoms with van der Waals surface area (Å²) in [6.07, 6.45) is 3.24. The molecule has 1 atom stereocenters. The largest absolute Gasteiger partial charge is 0.497 e. The number of anilines is 2. The highest BCUT2D eigenvalue weighted by Gasteiger charge is 2.60. The average Bonchev–Trinajstić information content (AvgIpc) is 3.45. The van der Waals surface area contributed by atoms with Crippen LogP contribution in [0.3, 0.4) is 0 Å². The van der Waals surface area contributed by atoms with Gasteiger partial charge in [-0.1, -0.05) is 18.2 Å². The van der Waals surface area contributed by atoms with Gasteiger partial charge in [0.2, 0.25) is 5.91 Å². The van der Waals surface area contributed by atoms with Crippen LogP contribution in [0.15, 0.2) is 60.9 Å². The van der Waals surface area contributed by atoms with Gasteiger partial charge in [0.05, 0.1) is 18.7 Å². The monoisotopic (exact) mass is 489 g/mol. The van der Waals surface area contributed by atoms with Gasteiger partial charge in [-0.15, -0.1) is 0 Å². The lowest BCUT2D eigenvalue weighted by molar-refractivity contribution is -0.120. The van der Waals surface area contributed by atoms with E-state index in [1.54, 1.807) is 18.2 Å². The molecule has 2 fully saturated rings. The molecular weight excluding hydrogens is 458 g/mol. The number of ether oxygens (including phenoxy) is 2. The summed E-state index contributed by atoms with van der Waals surface area (Å²) in [5.74, 6) is 0.674. The number of aromatic amines is 1. The molecule has 2 N–H and O–H groups in total. The maximum Gasteiger partial charge on any atom is 0.410 e. The highest BCUT2D eigenvalue weighted by Crippen LogP contribution is 2.44. The second-order valence-electron chi connectivity index (χ2n) is 10.5. The molecule has 1 aromatic heterocycles. The average molecular weight is 490 g/mol. The predicted molar refractivity (Wildman–Crippen MR) is 137 cm³/mol. The van der Waals surface area contributed by atoms with Gasteiger partial charge in [-0.25, -0.2) is 4.79 Å². The molecule has 2 amide bonds. The Morgan fingerprint density at radius 1 is 1.11 bits per heavy atom. The fraction of sp³-hybridized carbons (Fsp3) is 0.370. The maximum absolute atomic E-state index is 13.8. The number of rotatable bonds is 5. The number of H-pyrrole nitrogens is 1. The van der Waals surface area contributed by atoms with Crippen LogP contribution in [0.25, 0.3) is 11.1 Å². The van der Waals surface area contributed by atoms with Crippen LogP contribution in [-0.2, 0) is 9.53 Å². The van der Waals surface area contributed by atoms with Crippen LogP contribution in [-0.4, -0.2) is 65.5 Å². The first-order chi connectivity index (χ1) is 17.2. The molecule has 2 saturated heterocycles. The molecule has 0 bridgehead atoms. The molecule has 2 aromatic carbocycles. The van der Waals surface area contributed by atoms with E-state index in [9.17, 15) is 9.59 Å². The Labute approximate surface area is 210 Å². The van der Waals surface area contributed by atoms with Crippen LogP contribution >= 0.6 is 0 Å². The standard InChI is InChI=1S/C27H31N5O4/c1-26(2,3)36-25(34)31-15-27(16-31)17-32(21-10-8-18(9-11-21)19-13-28-29-14-19)24(33)23(27)30-20-6-5-7-22(12-20)35-4/h5-14,23,30H,15-17H2,1-4H3,(H,28,29). The van der Waals surface area contributed by atoms with Crippen LogP contribution < -0.4 is 15.0 Å². The van der Waals surface area contributed by atoms with Crippen LogP contribution in [0.4, 0.5) is 16.2 Å². The van der Waals surface area contributed by atoms with E-state index in [0.717, 1.165) is 22.5 Å². The second-order valence-corrected chi connectivity index (χ2v) is 10.5. The minimum absolute atomic E-state index is 0.0299. The van der Waals surface area contributed by atoms with Crippen molar-refractivity contribution >= 4 is 23.4 Å². The molecule has 0 aliphatic carbocycles. The highest BCUT2D eigenvalue weighted by molar-refractivity contribution is 6.03. The fourth-order valence-corrected chi connectivity index (χ4v) is 4.91. The molecule has 1 spiro atoms. The first kappa shape index (κ1) is 23.7. The molecule has 36 heavy (non-hydrogen) atoms. The number of methoxy groups -OCH3 is 1. The third kappa shape index (κ3) is 4.48. The van der Waals surface area contributed by atoms with Crippen molar-refractivity contribution in [1.29, 1.82) is 0 Å². The van der Waals surface area contributed by atoms with E-state index in [0.29, 0.717) is 25.4 Å². The number of nitrogens with one attached hydrogen (secondary N) is 2. The Hall–Kier alpha value is -4.01. The van der Waals surface area contributed by atoms with E-state index in [2.05, 4.69) is 15.5 Å². The molecular formula is C27H31N5O4. The third-order valence-electron chi connectivity index (χ3n) is 6.65. The Balaban J connectivity index is 1.40. The topological polar surface area (TPSA) is 99.8 Å². The molecule has 9 heteroatoms. The fourth-order valence-electron chi connectivity index (χ4n) is 4.91. The maximum atomic E-state index is 13.8. The molecule has 2 aliphatic rings.